The zero-order valence-electron chi connectivity index (χ0n) is 80.6. The molecule has 0 atom stereocenters. The molecule has 0 bridgehead atoms. The minimum Gasteiger partial charge on any atom is -0.494 e. The van der Waals surface area contributed by atoms with E-state index in [9.17, 15) is 28.8 Å². The fourth-order valence-electron chi connectivity index (χ4n) is 14.1. The molecular weight excluding hydrogens is 1730 g/mol. The third-order valence-electron chi connectivity index (χ3n) is 21.2. The number of anilines is 5. The standard InChI is InChI=1S/C48H60O10.C29H43N7O3.C29H38N6O4/c1-6-38-16-9-10-19-43(38)41-31-39(17-12-26-56-47(51)34(2)3)46(40(32-41)18-13-27-57-48(52)35(4)5)55-25-11-7-8-15-36-20-22-42(23-21-36)54-28-14-24-53-33-37-29-44(49)58-45(50)30-37;1-2-3-4-5-6-20-37-25-12-8-23(9-13-25)24-10-14-26(15-11-24)38-21-7-22-39-29-35-27(32-18-16-30)34-28(36-29)33-19-17-31;1-4-5-6-8-19-38-25-14-10-23(11-15-25)24-12-16-26(17-13-24)39-20-9-7-18-30-27-33-28(31-21(2)36)35-29(34-27)32-22(3)37/h9-10,16,19-23,31-32,37H,2,4,6-8,11-15,17-18,24-30,33H2,1,3,5H3;8-15H,2-7,16-22,30-31H2,1H3,(H2,32,33,34,35,36);10-17H,4-9,18-20H2,1-3H3,(H3,30,31,32,33,34,35,36,37). The average Bonchev–Trinajstić information content (AvgIpc) is 0.791. The summed E-state index contributed by atoms with van der Waals surface area (Å²) in [5.74, 6) is 3.81. The van der Waals surface area contributed by atoms with Gasteiger partial charge in [0.15, 0.2) is 0 Å². The van der Waals surface area contributed by atoms with E-state index >= 15 is 0 Å². The minimum absolute atomic E-state index is 0.0672. The molecule has 0 unspecified atom stereocenters. The Morgan fingerprint density at radius 2 is 0.765 bits per heavy atom. The molecule has 30 nitrogen and oxygen atoms in total. The van der Waals surface area contributed by atoms with Gasteiger partial charge in [-0.1, -0.05) is 164 Å². The molecule has 9 N–H and O–H groups in total. The molecule has 2 aromatic heterocycles. The van der Waals surface area contributed by atoms with Crippen molar-refractivity contribution in [3.05, 3.63) is 204 Å². The number of nitrogens with two attached hydrogens (primary N) is 2. The Bertz CT molecular complexity index is 4950. The Morgan fingerprint density at radius 3 is 1.21 bits per heavy atom. The lowest BCUT2D eigenvalue weighted by molar-refractivity contribution is -0.166. The zero-order valence-corrected chi connectivity index (χ0v) is 80.6. The predicted molar refractivity (Wildman–Crippen MR) is 534 cm³/mol. The van der Waals surface area contributed by atoms with E-state index < -0.39 is 23.9 Å². The van der Waals surface area contributed by atoms with Crippen molar-refractivity contribution in [3.63, 3.8) is 0 Å². The lowest BCUT2D eigenvalue weighted by atomic mass is 9.91. The molecule has 1 saturated heterocycles. The Labute approximate surface area is 802 Å². The van der Waals surface area contributed by atoms with E-state index in [4.69, 9.17) is 58.8 Å². The number of aromatic nitrogens is 6. The first-order valence-corrected chi connectivity index (χ1v) is 48.0. The van der Waals surface area contributed by atoms with Crippen molar-refractivity contribution in [3.8, 4) is 73.9 Å². The lowest BCUT2D eigenvalue weighted by Gasteiger charge is -2.20. The van der Waals surface area contributed by atoms with Gasteiger partial charge >= 0.3 is 29.9 Å². The van der Waals surface area contributed by atoms with Crippen molar-refractivity contribution in [1.29, 1.82) is 0 Å². The number of nitrogens with zero attached hydrogens (tertiary/aromatic N) is 6. The monoisotopic (exact) mass is 1870 g/mol. The maximum absolute atomic E-state index is 12.1. The van der Waals surface area contributed by atoms with Crippen LogP contribution in [0.15, 0.2) is 182 Å². The largest absolute Gasteiger partial charge is 0.494 e. The molecule has 0 spiro atoms. The Hall–Kier alpha value is -13.1. The highest BCUT2D eigenvalue weighted by atomic mass is 16.6. The minimum atomic E-state index is -0.482. The molecule has 30 heteroatoms. The molecule has 1 aliphatic heterocycles. The summed E-state index contributed by atoms with van der Waals surface area (Å²) >= 11 is 0. The van der Waals surface area contributed by atoms with Gasteiger partial charge in [-0.2, -0.15) is 29.9 Å². The second-order valence-electron chi connectivity index (χ2n) is 33.0. The summed E-state index contributed by atoms with van der Waals surface area (Å²) < 4.78 is 62.7. The number of hydrogen-bond donors (Lipinski definition) is 7. The fourth-order valence-corrected chi connectivity index (χ4v) is 14.1. The van der Waals surface area contributed by atoms with Crippen LogP contribution < -0.4 is 71.2 Å². The summed E-state index contributed by atoms with van der Waals surface area (Å²) in [4.78, 5) is 94.7. The van der Waals surface area contributed by atoms with Gasteiger partial charge in [-0.25, -0.2) is 9.59 Å². The quantitative estimate of drug-likeness (QED) is 0.00612. The summed E-state index contributed by atoms with van der Waals surface area (Å²) in [7, 11) is 0. The predicted octanol–water partition coefficient (Wildman–Crippen LogP) is 19.2. The number of amides is 2. The van der Waals surface area contributed by atoms with Gasteiger partial charge in [0.2, 0.25) is 41.6 Å². The topological polar surface area (TPSA) is 393 Å². The number of esters is 4. The van der Waals surface area contributed by atoms with Crippen molar-refractivity contribution < 1.29 is 80.9 Å². The summed E-state index contributed by atoms with van der Waals surface area (Å²) in [6, 6.07) is 53.8. The second kappa shape index (κ2) is 63.2. The molecule has 0 radical (unpaired) electrons. The second-order valence-corrected chi connectivity index (χ2v) is 33.0. The van der Waals surface area contributed by atoms with Gasteiger partial charge in [-0.15, -0.1) is 0 Å². The van der Waals surface area contributed by atoms with Crippen LogP contribution in [0.2, 0.25) is 0 Å². The van der Waals surface area contributed by atoms with Gasteiger partial charge in [0.05, 0.1) is 78.9 Å². The van der Waals surface area contributed by atoms with Gasteiger partial charge in [-0.05, 0) is 226 Å². The zero-order chi connectivity index (χ0) is 97.1. The normalized spacial score (nSPS) is 11.6. The molecule has 7 aromatic carbocycles. The summed E-state index contributed by atoms with van der Waals surface area (Å²) in [6.07, 6.45) is 21.7. The maximum atomic E-state index is 12.1. The number of carbonyl (C=O) groups is 6. The van der Waals surface area contributed by atoms with Crippen LogP contribution in [0.3, 0.4) is 0 Å². The van der Waals surface area contributed by atoms with E-state index in [-0.39, 0.29) is 67.6 Å². The van der Waals surface area contributed by atoms with Crippen LogP contribution in [-0.2, 0) is 73.4 Å². The number of unbranched alkanes of at least 4 members (excludes halogenated alkanes) is 10. The number of benzene rings is 7. The number of nitrogens with one attached hydrogen (secondary N) is 5. The molecule has 136 heavy (non-hydrogen) atoms. The van der Waals surface area contributed by atoms with E-state index in [0.717, 1.165) is 144 Å². The van der Waals surface area contributed by atoms with E-state index in [0.29, 0.717) is 141 Å². The first-order valence-electron chi connectivity index (χ1n) is 48.0. The van der Waals surface area contributed by atoms with Crippen molar-refractivity contribution in [2.75, 3.05) is 132 Å². The van der Waals surface area contributed by atoms with Crippen LogP contribution in [-0.4, -0.2) is 171 Å². The summed E-state index contributed by atoms with van der Waals surface area (Å²) in [6.45, 7) is 28.1. The van der Waals surface area contributed by atoms with Crippen LogP contribution in [0.25, 0.3) is 33.4 Å². The van der Waals surface area contributed by atoms with E-state index in [2.05, 4.69) is 192 Å². The summed E-state index contributed by atoms with van der Waals surface area (Å²) in [5, 5.41) is 14.2. The van der Waals surface area contributed by atoms with Crippen molar-refractivity contribution in [2.24, 2.45) is 17.4 Å². The number of ether oxygens (including phenoxy) is 11. The number of hydrogen-bond acceptors (Lipinski definition) is 28. The molecule has 3 heterocycles. The third-order valence-corrected chi connectivity index (χ3v) is 21.2. The Morgan fingerprint density at radius 1 is 0.382 bits per heavy atom. The van der Waals surface area contributed by atoms with Gasteiger partial charge in [0, 0.05) is 83.1 Å². The molecule has 1 fully saturated rings. The molecule has 10 rings (SSSR count). The molecule has 732 valence electrons. The van der Waals surface area contributed by atoms with Gasteiger partial charge in [-0.3, -0.25) is 29.8 Å². The van der Waals surface area contributed by atoms with Gasteiger partial charge in [0.25, 0.3) is 0 Å². The number of rotatable bonds is 62. The van der Waals surface area contributed by atoms with Gasteiger partial charge in [0.1, 0.15) is 34.5 Å². The highest BCUT2D eigenvalue weighted by molar-refractivity contribution is 5.90. The maximum Gasteiger partial charge on any atom is 0.333 e. The smallest absolute Gasteiger partial charge is 0.333 e. The summed E-state index contributed by atoms with van der Waals surface area (Å²) in [5.41, 5.74) is 23.3. The van der Waals surface area contributed by atoms with E-state index in [1.165, 1.54) is 75.5 Å². The van der Waals surface area contributed by atoms with Gasteiger partial charge < -0.3 is 79.5 Å². The average molecular weight is 1870 g/mol. The Balaban J connectivity index is 0.000000259. The number of cyclic esters (lactones) is 2. The van der Waals surface area contributed by atoms with E-state index in [1.807, 2.05) is 60.7 Å². The van der Waals surface area contributed by atoms with Crippen LogP contribution >= 0.6 is 0 Å². The number of aryl methyl sites for hydroxylation is 4. The van der Waals surface area contributed by atoms with Crippen LogP contribution in [0.1, 0.15) is 199 Å². The van der Waals surface area contributed by atoms with Crippen LogP contribution in [0.4, 0.5) is 29.7 Å². The molecule has 9 aromatic rings. The molecule has 1 aliphatic rings. The van der Waals surface area contributed by atoms with Crippen LogP contribution in [0, 0.1) is 5.92 Å². The SMILES string of the molecule is C=C(C)C(=O)OCCCc1cc(-c2ccccc2CC)cc(CCCOC(=O)C(=C)C)c1OCCCCCc1ccc(OCCCOCC2CC(=O)OC(=O)C2)cc1.CCCCCCCOc1ccc(-c2ccc(OCCCOc3nc(NCCN)nc(NCCN)n3)cc2)cc1.CCCCCCOc1ccc(-c2ccc(OCCCCNc3nc(NC(C)=O)nc(NC(C)=O)n3)cc2)cc1. The third kappa shape index (κ3) is 42.7. The lowest BCUT2D eigenvalue weighted by Crippen LogP contribution is -2.28. The van der Waals surface area contributed by atoms with E-state index in [1.54, 1.807) is 13.8 Å². The highest BCUT2D eigenvalue weighted by Crippen LogP contribution is 2.36. The van der Waals surface area contributed by atoms with Crippen molar-refractivity contribution in [2.45, 2.75) is 203 Å². The molecule has 2 amide bonds. The van der Waals surface area contributed by atoms with Crippen molar-refractivity contribution in [1.82, 2.24) is 29.9 Å². The fraction of sp³-hybridized carbons (Fsp3) is 0.453. The van der Waals surface area contributed by atoms with Crippen molar-refractivity contribution >= 4 is 65.4 Å². The first kappa shape index (κ1) is 108. The molecular formula is C106H141N13O17. The van der Waals surface area contributed by atoms with Crippen LogP contribution in [0.5, 0.6) is 40.5 Å². The highest BCUT2D eigenvalue weighted by Gasteiger charge is 2.27. The molecule has 0 aliphatic carbocycles. The Kier molecular flexibility index (Phi) is 50.3. The molecule has 0 saturated carbocycles. The number of carbonyl (C=O) groups excluding carboxylic acids is 6. The first-order chi connectivity index (χ1) is 66.2.